The van der Waals surface area contributed by atoms with Crippen LogP contribution in [0, 0.1) is 6.92 Å². The van der Waals surface area contributed by atoms with E-state index in [0.29, 0.717) is 44.5 Å². The maximum Gasteiger partial charge on any atom is 0.339 e. The van der Waals surface area contributed by atoms with Crippen molar-refractivity contribution in [1.29, 1.82) is 0 Å². The van der Waals surface area contributed by atoms with E-state index in [1.807, 2.05) is 55.5 Å². The molecular weight excluding hydrogens is 656 g/mol. The van der Waals surface area contributed by atoms with Gasteiger partial charge in [-0.1, -0.05) is 94.8 Å². The predicted molar refractivity (Wildman–Crippen MR) is 184 cm³/mol. The second-order valence-corrected chi connectivity index (χ2v) is 12.1. The van der Waals surface area contributed by atoms with E-state index in [9.17, 15) is 19.2 Å². The lowest BCUT2D eigenvalue weighted by molar-refractivity contribution is 0.0476. The number of carbonyl (C=O) groups excluding carboxylic acids is 4. The van der Waals surface area contributed by atoms with Crippen LogP contribution >= 0.6 is 15.9 Å². The van der Waals surface area contributed by atoms with E-state index in [2.05, 4.69) is 15.9 Å². The van der Waals surface area contributed by atoms with Crippen LogP contribution in [0.15, 0.2) is 126 Å². The molecule has 0 saturated heterocycles. The third-order valence-corrected chi connectivity index (χ3v) is 8.61. The molecule has 7 nitrogen and oxygen atoms in total. The molecule has 228 valence electrons. The predicted octanol–water partition coefficient (Wildman–Crippen LogP) is 8.48. The minimum atomic E-state index is -0.659. The number of hydrogen-bond donors (Lipinski definition) is 0. The van der Waals surface area contributed by atoms with Crippen molar-refractivity contribution in [3.05, 3.63) is 154 Å². The summed E-state index contributed by atoms with van der Waals surface area (Å²) in [5.74, 6) is -1.74. The topological polar surface area (TPSA) is 93.6 Å². The first-order valence-corrected chi connectivity index (χ1v) is 15.6. The van der Waals surface area contributed by atoms with E-state index >= 15 is 0 Å². The molecule has 1 aromatic heterocycles. The molecule has 0 atom stereocenters. The monoisotopic (exact) mass is 680 g/mol. The van der Waals surface area contributed by atoms with Crippen molar-refractivity contribution in [3.63, 3.8) is 0 Å². The number of benzene rings is 5. The largest absolute Gasteiger partial charge is 0.454 e. The van der Waals surface area contributed by atoms with Crippen LogP contribution in [0.5, 0.6) is 0 Å². The number of halogens is 1. The van der Waals surface area contributed by atoms with Crippen molar-refractivity contribution < 1.29 is 23.9 Å². The minimum absolute atomic E-state index is 0.256. The second kappa shape index (κ2) is 12.2. The van der Waals surface area contributed by atoms with Crippen molar-refractivity contribution in [1.82, 2.24) is 4.98 Å². The number of rotatable bonds is 7. The molecule has 7 rings (SSSR count). The fourth-order valence-electron chi connectivity index (χ4n) is 5.75. The quantitative estimate of drug-likeness (QED) is 0.0954. The highest BCUT2D eigenvalue weighted by Gasteiger charge is 2.36. The number of hydrogen-bond acceptors (Lipinski definition) is 6. The molecule has 1 aliphatic rings. The number of nitrogens with zero attached hydrogens (tertiary/aromatic N) is 2. The number of esters is 1. The van der Waals surface area contributed by atoms with Gasteiger partial charge in [0, 0.05) is 21.0 Å². The van der Waals surface area contributed by atoms with E-state index in [1.54, 1.807) is 72.8 Å². The Morgan fingerprint density at radius 3 is 1.98 bits per heavy atom. The molecule has 0 fully saturated rings. The summed E-state index contributed by atoms with van der Waals surface area (Å²) in [5, 5.41) is 0.577. The first-order chi connectivity index (χ1) is 22.8. The van der Waals surface area contributed by atoms with E-state index in [-0.39, 0.29) is 23.2 Å². The van der Waals surface area contributed by atoms with Gasteiger partial charge in [-0.05, 0) is 66.1 Å². The standard InChI is InChI=1S/C39H25BrN2O5/c1-23-19-28(40)20-32-33(39(46)47-22-35(43)27-13-11-25(12-14-27)24-7-3-2-4-8-24)21-34(41-36(23)32)26-15-17-29(18-16-26)42-37(44)30-9-5-6-10-31(30)38(42)45/h2-21H,22H2,1H3. The number of aromatic nitrogens is 1. The average Bonchev–Trinajstić information content (AvgIpc) is 3.36. The fourth-order valence-corrected chi connectivity index (χ4v) is 6.32. The highest BCUT2D eigenvalue weighted by molar-refractivity contribution is 9.10. The number of carbonyl (C=O) groups is 4. The fraction of sp³-hybridized carbons (Fsp3) is 0.0513. The Morgan fingerprint density at radius 1 is 0.723 bits per heavy atom. The van der Waals surface area contributed by atoms with Gasteiger partial charge >= 0.3 is 5.97 Å². The number of anilines is 1. The van der Waals surface area contributed by atoms with Gasteiger partial charge in [0.25, 0.3) is 11.8 Å². The molecule has 1 aliphatic heterocycles. The van der Waals surface area contributed by atoms with Crippen LogP contribution in [0.4, 0.5) is 5.69 Å². The van der Waals surface area contributed by atoms with Crippen molar-refractivity contribution in [3.8, 4) is 22.4 Å². The third-order valence-electron chi connectivity index (χ3n) is 8.15. The van der Waals surface area contributed by atoms with Crippen LogP contribution in [0.1, 0.15) is 47.0 Å². The summed E-state index contributed by atoms with van der Waals surface area (Å²) >= 11 is 3.51. The van der Waals surface area contributed by atoms with Gasteiger partial charge in [-0.3, -0.25) is 14.4 Å². The van der Waals surface area contributed by atoms with Gasteiger partial charge in [0.1, 0.15) is 0 Å². The minimum Gasteiger partial charge on any atom is -0.454 e. The molecule has 0 N–H and O–H groups in total. The lowest BCUT2D eigenvalue weighted by Crippen LogP contribution is -2.29. The van der Waals surface area contributed by atoms with Gasteiger partial charge in [-0.25, -0.2) is 14.7 Å². The molecule has 2 heterocycles. The SMILES string of the molecule is Cc1cc(Br)cc2c(C(=O)OCC(=O)c3ccc(-c4ccccc4)cc3)cc(-c3ccc(N4C(=O)c5ccccc5C4=O)cc3)nc12. The van der Waals surface area contributed by atoms with Crippen molar-refractivity contribution in [2.75, 3.05) is 11.5 Å². The number of fused-ring (bicyclic) bond motifs is 2. The molecule has 6 aromatic rings. The lowest BCUT2D eigenvalue weighted by atomic mass is 10.0. The third kappa shape index (κ3) is 5.64. The van der Waals surface area contributed by atoms with Gasteiger partial charge in [0.15, 0.2) is 12.4 Å². The number of ether oxygens (including phenoxy) is 1. The Hall–Kier alpha value is -5.73. The van der Waals surface area contributed by atoms with Crippen LogP contribution in [-0.4, -0.2) is 35.2 Å². The van der Waals surface area contributed by atoms with Crippen LogP contribution in [-0.2, 0) is 4.74 Å². The molecule has 0 unspecified atom stereocenters. The summed E-state index contributed by atoms with van der Waals surface area (Å²) in [5.41, 5.74) is 6.47. The molecule has 0 aliphatic carbocycles. The highest BCUT2D eigenvalue weighted by Crippen LogP contribution is 2.33. The molecule has 0 radical (unpaired) electrons. The molecule has 5 aromatic carbocycles. The molecule has 8 heteroatoms. The van der Waals surface area contributed by atoms with Gasteiger partial charge in [-0.2, -0.15) is 0 Å². The number of imide groups is 1. The summed E-state index contributed by atoms with van der Waals surface area (Å²) < 4.78 is 6.34. The zero-order chi connectivity index (χ0) is 32.7. The number of pyridine rings is 1. The van der Waals surface area contributed by atoms with Gasteiger partial charge in [-0.15, -0.1) is 0 Å². The number of ketones is 1. The van der Waals surface area contributed by atoms with Crippen LogP contribution in [0.3, 0.4) is 0 Å². The molecule has 47 heavy (non-hydrogen) atoms. The summed E-state index contributed by atoms with van der Waals surface area (Å²) in [7, 11) is 0. The maximum atomic E-state index is 13.5. The molecule has 0 spiro atoms. The van der Waals surface area contributed by atoms with E-state index in [4.69, 9.17) is 9.72 Å². The summed E-state index contributed by atoms with van der Waals surface area (Å²) in [6.45, 7) is 1.47. The van der Waals surface area contributed by atoms with Gasteiger partial charge < -0.3 is 4.74 Å². The smallest absolute Gasteiger partial charge is 0.339 e. The molecule has 0 saturated carbocycles. The number of amides is 2. The Bertz CT molecular complexity index is 2190. The second-order valence-electron chi connectivity index (χ2n) is 11.2. The maximum absolute atomic E-state index is 13.5. The van der Waals surface area contributed by atoms with E-state index in [1.165, 1.54) is 0 Å². The van der Waals surface area contributed by atoms with Crippen molar-refractivity contribution in [2.24, 2.45) is 0 Å². The number of aryl methyl sites for hydroxylation is 1. The van der Waals surface area contributed by atoms with E-state index < -0.39 is 12.6 Å². The van der Waals surface area contributed by atoms with Crippen LogP contribution < -0.4 is 4.90 Å². The van der Waals surface area contributed by atoms with E-state index in [0.717, 1.165) is 26.1 Å². The Morgan fingerprint density at radius 2 is 1.32 bits per heavy atom. The average molecular weight is 682 g/mol. The Kier molecular flexibility index (Phi) is 7.79. The number of Topliss-reactive ketones (excluding diaryl/α,β-unsaturated/α-hetero) is 1. The first-order valence-electron chi connectivity index (χ1n) is 14.8. The molecule has 2 amide bonds. The van der Waals surface area contributed by atoms with Gasteiger partial charge in [0.05, 0.1) is 33.6 Å². The molecule has 0 bridgehead atoms. The summed E-state index contributed by atoms with van der Waals surface area (Å²) in [4.78, 5) is 58.5. The highest BCUT2D eigenvalue weighted by atomic mass is 79.9. The molecular formula is C39H25BrN2O5. The lowest BCUT2D eigenvalue weighted by Gasteiger charge is -2.15. The summed E-state index contributed by atoms with van der Waals surface area (Å²) in [6.07, 6.45) is 0. The zero-order valence-electron chi connectivity index (χ0n) is 25.1. The Balaban J connectivity index is 1.15. The van der Waals surface area contributed by atoms with Crippen molar-refractivity contribution >= 4 is 56.1 Å². The van der Waals surface area contributed by atoms with Crippen molar-refractivity contribution in [2.45, 2.75) is 6.92 Å². The normalized spacial score (nSPS) is 12.3. The first kappa shape index (κ1) is 30.0. The Labute approximate surface area is 278 Å². The van der Waals surface area contributed by atoms with Crippen LogP contribution in [0.25, 0.3) is 33.3 Å². The summed E-state index contributed by atoms with van der Waals surface area (Å²) in [6, 6.07) is 35.9. The van der Waals surface area contributed by atoms with Crippen LogP contribution in [0.2, 0.25) is 0 Å². The zero-order valence-corrected chi connectivity index (χ0v) is 26.7. The van der Waals surface area contributed by atoms with Gasteiger partial charge in [0.2, 0.25) is 0 Å².